The first-order valence-electron chi connectivity index (χ1n) is 12.1. The minimum Gasteiger partial charge on any atom is -0.387 e. The van der Waals surface area contributed by atoms with Crippen molar-refractivity contribution >= 4 is 6.03 Å². The van der Waals surface area contributed by atoms with Gasteiger partial charge in [-0.05, 0) is 19.3 Å². The van der Waals surface area contributed by atoms with Gasteiger partial charge in [0.2, 0.25) is 0 Å². The van der Waals surface area contributed by atoms with E-state index < -0.39 is 29.1 Å². The quantitative estimate of drug-likeness (QED) is 0.714. The number of hydrogen-bond donors (Lipinski definition) is 1. The third-order valence-corrected chi connectivity index (χ3v) is 8.10. The summed E-state index contributed by atoms with van der Waals surface area (Å²) in [5.41, 5.74) is -0.705. The van der Waals surface area contributed by atoms with E-state index in [1.807, 2.05) is 30.3 Å². The number of amides is 2. The topological polar surface area (TPSA) is 78.7 Å². The Morgan fingerprint density at radius 1 is 1.09 bits per heavy atom. The van der Waals surface area contributed by atoms with Gasteiger partial charge < -0.3 is 14.9 Å². The van der Waals surface area contributed by atoms with Gasteiger partial charge in [-0.25, -0.2) is 9.78 Å². The van der Waals surface area contributed by atoms with Crippen LogP contribution in [0, 0.1) is 11.3 Å². The summed E-state index contributed by atoms with van der Waals surface area (Å²) in [5, 5.41) is 11.9. The van der Waals surface area contributed by atoms with Crippen LogP contribution in [0.4, 0.5) is 18.0 Å². The number of benzene rings is 1. The Kier molecular flexibility index (Phi) is 5.89. The van der Waals surface area contributed by atoms with Crippen molar-refractivity contribution in [1.29, 1.82) is 0 Å². The van der Waals surface area contributed by atoms with Gasteiger partial charge in [-0.1, -0.05) is 43.2 Å². The molecular weight excluding hydrogens is 461 g/mol. The first kappa shape index (κ1) is 23.8. The Morgan fingerprint density at radius 3 is 2.40 bits per heavy atom. The van der Waals surface area contributed by atoms with E-state index in [-0.39, 0.29) is 44.7 Å². The molecule has 3 aliphatic rings. The second-order valence-electron chi connectivity index (χ2n) is 10.2. The summed E-state index contributed by atoms with van der Waals surface area (Å²) in [6.07, 6.45) is 0.603. The number of rotatable bonds is 3. The molecule has 35 heavy (non-hydrogen) atoms. The molecule has 0 bridgehead atoms. The molecule has 3 fully saturated rings. The molecule has 1 aromatic heterocycles. The summed E-state index contributed by atoms with van der Waals surface area (Å²) in [7, 11) is 0. The lowest BCUT2D eigenvalue weighted by atomic mass is 9.66. The molecular formula is C25H29F3N4O3. The molecule has 3 heterocycles. The van der Waals surface area contributed by atoms with Gasteiger partial charge in [0.05, 0.1) is 30.1 Å². The fraction of sp³-hybridized carbons (Fsp3) is 0.560. The predicted octanol–water partition coefficient (Wildman–Crippen LogP) is 3.52. The first-order valence-corrected chi connectivity index (χ1v) is 12.1. The number of halogens is 3. The van der Waals surface area contributed by atoms with Gasteiger partial charge in [0.1, 0.15) is 0 Å². The van der Waals surface area contributed by atoms with E-state index >= 15 is 0 Å². The number of likely N-dealkylation sites (tertiary alicyclic amines) is 2. The lowest BCUT2D eigenvalue weighted by molar-refractivity contribution is -0.204. The zero-order chi connectivity index (χ0) is 24.8. The predicted molar refractivity (Wildman–Crippen MR) is 122 cm³/mol. The van der Waals surface area contributed by atoms with Gasteiger partial charge >= 0.3 is 12.2 Å². The number of aromatic nitrogens is 2. The molecule has 1 spiro atoms. The van der Waals surface area contributed by atoms with Crippen LogP contribution in [-0.2, 0) is 6.54 Å². The molecule has 2 amide bonds. The smallest absolute Gasteiger partial charge is 0.387 e. The third kappa shape index (κ3) is 4.32. The van der Waals surface area contributed by atoms with Crippen LogP contribution in [0.15, 0.2) is 47.5 Å². The average Bonchev–Trinajstić information content (AvgIpc) is 3.26. The monoisotopic (exact) mass is 490 g/mol. The second kappa shape index (κ2) is 8.65. The molecule has 2 aliphatic heterocycles. The maximum atomic E-state index is 12.9. The lowest BCUT2D eigenvalue weighted by Gasteiger charge is -2.53. The summed E-state index contributed by atoms with van der Waals surface area (Å²) >= 11 is 0. The summed E-state index contributed by atoms with van der Waals surface area (Å²) < 4.78 is 40.0. The number of alkyl halides is 3. The van der Waals surface area contributed by atoms with Gasteiger partial charge in [-0.3, -0.25) is 9.36 Å². The zero-order valence-electron chi connectivity index (χ0n) is 19.4. The number of carbonyl (C=O) groups is 1. The van der Waals surface area contributed by atoms with E-state index in [0.29, 0.717) is 18.5 Å². The third-order valence-electron chi connectivity index (χ3n) is 8.10. The van der Waals surface area contributed by atoms with Gasteiger partial charge in [0.25, 0.3) is 5.56 Å². The Bertz CT molecular complexity index is 1140. The van der Waals surface area contributed by atoms with Gasteiger partial charge in [0.15, 0.2) is 0 Å². The minimum atomic E-state index is -4.29. The van der Waals surface area contributed by atoms with Crippen LogP contribution in [-0.4, -0.2) is 68.4 Å². The normalized spacial score (nSPS) is 24.6. The van der Waals surface area contributed by atoms with Crippen molar-refractivity contribution in [3.8, 4) is 11.3 Å². The molecule has 1 aliphatic carbocycles. The zero-order valence-corrected chi connectivity index (χ0v) is 19.4. The van der Waals surface area contributed by atoms with Crippen molar-refractivity contribution in [1.82, 2.24) is 19.4 Å². The van der Waals surface area contributed by atoms with E-state index in [9.17, 15) is 27.9 Å². The number of urea groups is 1. The summed E-state index contributed by atoms with van der Waals surface area (Å²) in [6.45, 7) is -0.0556. The van der Waals surface area contributed by atoms with Gasteiger partial charge in [0, 0.05) is 43.2 Å². The van der Waals surface area contributed by atoms with Crippen LogP contribution >= 0.6 is 0 Å². The molecule has 188 valence electrons. The number of aliphatic hydroxyl groups is 1. The number of carbonyl (C=O) groups excluding carboxylic acids is 1. The standard InChI is InChI=1S/C25H29F3N4O3/c26-25(27,28)19-13-31(14-19)22(34)30-11-10-24(35,23(15-30)8-4-5-9-23)16-32-17-29-20(12-21(32)33)18-6-2-1-3-7-18/h1-3,6-7,12,17,19,35H,4-5,8-11,13-16H2. The van der Waals surface area contributed by atoms with Crippen LogP contribution in [0.1, 0.15) is 32.1 Å². The Morgan fingerprint density at radius 2 is 1.77 bits per heavy atom. The molecule has 1 atom stereocenters. The van der Waals surface area contributed by atoms with Crippen LogP contribution in [0.5, 0.6) is 0 Å². The van der Waals surface area contributed by atoms with E-state index in [1.165, 1.54) is 21.9 Å². The number of piperidine rings is 1. The van der Waals surface area contributed by atoms with Crippen LogP contribution < -0.4 is 5.56 Å². The Hall–Kier alpha value is -2.88. The fourth-order valence-electron chi connectivity index (χ4n) is 5.90. The highest BCUT2D eigenvalue weighted by Gasteiger charge is 2.57. The van der Waals surface area contributed by atoms with Crippen molar-refractivity contribution in [2.45, 2.75) is 50.4 Å². The highest BCUT2D eigenvalue weighted by molar-refractivity contribution is 5.75. The van der Waals surface area contributed by atoms with E-state index in [0.717, 1.165) is 18.4 Å². The highest BCUT2D eigenvalue weighted by atomic mass is 19.4. The van der Waals surface area contributed by atoms with Crippen molar-refractivity contribution in [2.75, 3.05) is 26.2 Å². The summed E-state index contributed by atoms with van der Waals surface area (Å²) in [4.78, 5) is 33.1. The van der Waals surface area contributed by atoms with E-state index in [1.54, 1.807) is 4.90 Å². The molecule has 2 aromatic rings. The van der Waals surface area contributed by atoms with Crippen molar-refractivity contribution in [3.63, 3.8) is 0 Å². The SMILES string of the molecule is O=C(N1CC(C(F)(F)F)C1)N1CCC(O)(Cn2cnc(-c3ccccc3)cc2=O)C2(CCCC2)C1. The average molecular weight is 491 g/mol. The maximum absolute atomic E-state index is 12.9. The van der Waals surface area contributed by atoms with Crippen LogP contribution in [0.3, 0.4) is 0 Å². The fourth-order valence-corrected chi connectivity index (χ4v) is 5.90. The molecule has 1 N–H and O–H groups in total. The minimum absolute atomic E-state index is 0.0653. The highest BCUT2D eigenvalue weighted by Crippen LogP contribution is 2.52. The van der Waals surface area contributed by atoms with Crippen LogP contribution in [0.25, 0.3) is 11.3 Å². The molecule has 2 saturated heterocycles. The van der Waals surface area contributed by atoms with Crippen molar-refractivity contribution in [2.24, 2.45) is 11.3 Å². The summed E-state index contributed by atoms with van der Waals surface area (Å²) in [6, 6.07) is 10.4. The second-order valence-corrected chi connectivity index (χ2v) is 10.2. The van der Waals surface area contributed by atoms with Gasteiger partial charge in [-0.15, -0.1) is 0 Å². The molecule has 0 radical (unpaired) electrons. The van der Waals surface area contributed by atoms with Crippen molar-refractivity contribution < 1.29 is 23.1 Å². The molecule has 5 rings (SSSR count). The molecule has 1 saturated carbocycles. The molecule has 7 nitrogen and oxygen atoms in total. The molecule has 10 heteroatoms. The largest absolute Gasteiger partial charge is 0.395 e. The lowest BCUT2D eigenvalue weighted by Crippen LogP contribution is -2.65. The van der Waals surface area contributed by atoms with E-state index in [2.05, 4.69) is 4.98 Å². The summed E-state index contributed by atoms with van der Waals surface area (Å²) in [5.74, 6) is -1.47. The molecule has 1 unspecified atom stereocenters. The molecule has 1 aromatic carbocycles. The van der Waals surface area contributed by atoms with Crippen LogP contribution in [0.2, 0.25) is 0 Å². The number of nitrogens with zero attached hydrogens (tertiary/aromatic N) is 4. The van der Waals surface area contributed by atoms with E-state index in [4.69, 9.17) is 0 Å². The Balaban J connectivity index is 1.32. The first-order chi connectivity index (χ1) is 16.6. The Labute approximate surface area is 201 Å². The van der Waals surface area contributed by atoms with Crippen molar-refractivity contribution in [3.05, 3.63) is 53.1 Å². The number of hydrogen-bond acceptors (Lipinski definition) is 4. The maximum Gasteiger partial charge on any atom is 0.395 e. The van der Waals surface area contributed by atoms with Gasteiger partial charge in [-0.2, -0.15) is 13.2 Å².